The van der Waals surface area contributed by atoms with Crippen LogP contribution in [0.25, 0.3) is 0 Å². The molecule has 88 valence electrons. The van der Waals surface area contributed by atoms with Gasteiger partial charge in [0.2, 0.25) is 0 Å². The third kappa shape index (κ3) is 3.73. The Morgan fingerprint density at radius 2 is 1.82 bits per heavy atom. The quantitative estimate of drug-likeness (QED) is 0.666. The van der Waals surface area contributed by atoms with Gasteiger partial charge in [-0.25, -0.2) is 4.39 Å². The summed E-state index contributed by atoms with van der Waals surface area (Å²) in [6, 6.07) is 12.7. The lowest BCUT2D eigenvalue weighted by atomic mass is 10.2. The Morgan fingerprint density at radius 1 is 1.12 bits per heavy atom. The predicted octanol–water partition coefficient (Wildman–Crippen LogP) is 5.53. The van der Waals surface area contributed by atoms with Crippen molar-refractivity contribution in [3.05, 3.63) is 63.3 Å². The Balaban J connectivity index is 2.04. The fourth-order valence-corrected chi connectivity index (χ4v) is 2.67. The zero-order valence-electron chi connectivity index (χ0n) is 8.79. The summed E-state index contributed by atoms with van der Waals surface area (Å²) in [4.78, 5) is 1.08. The lowest BCUT2D eigenvalue weighted by Gasteiger charge is -2.04. The summed E-state index contributed by atoms with van der Waals surface area (Å²) in [5.74, 6) is 0.432. The van der Waals surface area contributed by atoms with E-state index < -0.39 is 0 Å². The zero-order chi connectivity index (χ0) is 12.3. The first kappa shape index (κ1) is 12.9. The fourth-order valence-electron chi connectivity index (χ4n) is 1.33. The minimum absolute atomic E-state index is 0.180. The smallest absolute Gasteiger partial charge is 0.128 e. The van der Waals surface area contributed by atoms with Gasteiger partial charge in [-0.3, -0.25) is 0 Å². The molecule has 0 aliphatic rings. The van der Waals surface area contributed by atoms with Crippen molar-refractivity contribution in [1.29, 1.82) is 0 Å². The van der Waals surface area contributed by atoms with E-state index in [2.05, 4.69) is 15.9 Å². The third-order valence-corrected chi connectivity index (χ3v) is 4.03. The number of benzene rings is 2. The Labute approximate surface area is 117 Å². The standard InChI is InChI=1S/C13H9BrClFS/c14-10-2-1-9(13(16)7-10)8-17-12-5-3-11(15)4-6-12/h1-7H,8H2. The van der Waals surface area contributed by atoms with Gasteiger partial charge in [0.05, 0.1) is 0 Å². The molecule has 2 aromatic carbocycles. The van der Waals surface area contributed by atoms with Crippen LogP contribution >= 0.6 is 39.3 Å². The molecule has 4 heteroatoms. The number of rotatable bonds is 3. The largest absolute Gasteiger partial charge is 0.207 e. The van der Waals surface area contributed by atoms with Crippen LogP contribution in [0.1, 0.15) is 5.56 Å². The van der Waals surface area contributed by atoms with E-state index >= 15 is 0 Å². The van der Waals surface area contributed by atoms with E-state index in [4.69, 9.17) is 11.6 Å². The number of hydrogen-bond acceptors (Lipinski definition) is 1. The molecule has 0 atom stereocenters. The summed E-state index contributed by atoms with van der Waals surface area (Å²) in [7, 11) is 0. The van der Waals surface area contributed by atoms with Crippen LogP contribution in [0.4, 0.5) is 4.39 Å². The molecular weight excluding hydrogens is 323 g/mol. The summed E-state index contributed by atoms with van der Waals surface area (Å²) in [6.45, 7) is 0. The summed E-state index contributed by atoms with van der Waals surface area (Å²) < 4.78 is 14.3. The normalized spacial score (nSPS) is 10.5. The maximum atomic E-state index is 13.6. The lowest BCUT2D eigenvalue weighted by Crippen LogP contribution is -1.87. The summed E-state index contributed by atoms with van der Waals surface area (Å²) in [5.41, 5.74) is 0.702. The van der Waals surface area contributed by atoms with Gasteiger partial charge in [0, 0.05) is 20.1 Å². The van der Waals surface area contributed by atoms with Crippen molar-refractivity contribution in [3.63, 3.8) is 0 Å². The first-order valence-electron chi connectivity index (χ1n) is 4.97. The second-order valence-corrected chi connectivity index (χ2v) is 5.88. The average molecular weight is 332 g/mol. The Bertz CT molecular complexity index is 513. The highest BCUT2D eigenvalue weighted by atomic mass is 79.9. The van der Waals surface area contributed by atoms with Crippen molar-refractivity contribution < 1.29 is 4.39 Å². The summed E-state index contributed by atoms with van der Waals surface area (Å²) in [5, 5.41) is 0.712. The first-order valence-corrected chi connectivity index (χ1v) is 7.13. The molecule has 0 fully saturated rings. The molecule has 0 aromatic heterocycles. The molecule has 0 amide bonds. The van der Waals surface area contributed by atoms with Gasteiger partial charge in [0.25, 0.3) is 0 Å². The fraction of sp³-hybridized carbons (Fsp3) is 0.0769. The van der Waals surface area contributed by atoms with E-state index in [0.29, 0.717) is 16.3 Å². The van der Waals surface area contributed by atoms with Crippen LogP contribution in [0.5, 0.6) is 0 Å². The number of thioether (sulfide) groups is 1. The van der Waals surface area contributed by atoms with Gasteiger partial charge in [0.1, 0.15) is 5.82 Å². The van der Waals surface area contributed by atoms with Crippen LogP contribution in [0.3, 0.4) is 0 Å². The van der Waals surface area contributed by atoms with Crippen molar-refractivity contribution in [3.8, 4) is 0 Å². The van der Waals surface area contributed by atoms with Crippen LogP contribution in [0.2, 0.25) is 5.02 Å². The predicted molar refractivity (Wildman–Crippen MR) is 75.1 cm³/mol. The van der Waals surface area contributed by atoms with Crippen molar-refractivity contribution in [2.24, 2.45) is 0 Å². The van der Waals surface area contributed by atoms with Gasteiger partial charge >= 0.3 is 0 Å². The molecule has 0 bridgehead atoms. The molecule has 0 aliphatic heterocycles. The van der Waals surface area contributed by atoms with E-state index in [1.165, 1.54) is 6.07 Å². The van der Waals surface area contributed by atoms with Gasteiger partial charge in [-0.1, -0.05) is 33.6 Å². The lowest BCUT2D eigenvalue weighted by molar-refractivity contribution is 0.616. The second kappa shape index (κ2) is 5.89. The maximum Gasteiger partial charge on any atom is 0.128 e. The topological polar surface area (TPSA) is 0 Å². The van der Waals surface area contributed by atoms with Crippen molar-refractivity contribution in [2.45, 2.75) is 10.6 Å². The van der Waals surface area contributed by atoms with E-state index in [1.807, 2.05) is 30.3 Å². The molecule has 0 N–H and O–H groups in total. The molecule has 0 heterocycles. The van der Waals surface area contributed by atoms with Crippen molar-refractivity contribution >= 4 is 39.3 Å². The summed E-state index contributed by atoms with van der Waals surface area (Å²) in [6.07, 6.45) is 0. The van der Waals surface area contributed by atoms with Crippen molar-refractivity contribution in [1.82, 2.24) is 0 Å². The van der Waals surface area contributed by atoms with Crippen LogP contribution in [0.15, 0.2) is 51.8 Å². The van der Waals surface area contributed by atoms with E-state index in [0.717, 1.165) is 9.37 Å². The first-order chi connectivity index (χ1) is 8.15. The maximum absolute atomic E-state index is 13.6. The molecule has 17 heavy (non-hydrogen) atoms. The van der Waals surface area contributed by atoms with Crippen LogP contribution in [-0.4, -0.2) is 0 Å². The number of hydrogen-bond donors (Lipinski definition) is 0. The highest BCUT2D eigenvalue weighted by molar-refractivity contribution is 9.10. The molecule has 0 radical (unpaired) electrons. The van der Waals surface area contributed by atoms with E-state index in [-0.39, 0.29) is 5.82 Å². The average Bonchev–Trinajstić information content (AvgIpc) is 2.30. The molecule has 2 aromatic rings. The van der Waals surface area contributed by atoms with Gasteiger partial charge in [0.15, 0.2) is 0 Å². The van der Waals surface area contributed by atoms with Gasteiger partial charge in [-0.15, -0.1) is 11.8 Å². The molecule has 0 unspecified atom stereocenters. The Hall–Kier alpha value is -0.510. The molecule has 2 rings (SSSR count). The van der Waals surface area contributed by atoms with Gasteiger partial charge in [-0.05, 0) is 42.0 Å². The summed E-state index contributed by atoms with van der Waals surface area (Å²) >= 11 is 10.6. The van der Waals surface area contributed by atoms with Crippen molar-refractivity contribution in [2.75, 3.05) is 0 Å². The molecule has 0 saturated carbocycles. The van der Waals surface area contributed by atoms with Crippen LogP contribution in [-0.2, 0) is 5.75 Å². The number of halogens is 3. The third-order valence-electron chi connectivity index (χ3n) is 2.22. The minimum Gasteiger partial charge on any atom is -0.207 e. The molecular formula is C13H9BrClFS. The Kier molecular flexibility index (Phi) is 4.48. The van der Waals surface area contributed by atoms with Crippen LogP contribution < -0.4 is 0 Å². The minimum atomic E-state index is -0.180. The highest BCUT2D eigenvalue weighted by Crippen LogP contribution is 2.26. The van der Waals surface area contributed by atoms with E-state index in [9.17, 15) is 4.39 Å². The van der Waals surface area contributed by atoms with Gasteiger partial charge < -0.3 is 0 Å². The molecule has 0 spiro atoms. The molecule has 0 saturated heterocycles. The van der Waals surface area contributed by atoms with E-state index in [1.54, 1.807) is 17.8 Å². The Morgan fingerprint density at radius 3 is 2.47 bits per heavy atom. The zero-order valence-corrected chi connectivity index (χ0v) is 11.9. The highest BCUT2D eigenvalue weighted by Gasteiger charge is 2.03. The van der Waals surface area contributed by atoms with Gasteiger partial charge in [-0.2, -0.15) is 0 Å². The SMILES string of the molecule is Fc1cc(Br)ccc1CSc1ccc(Cl)cc1. The van der Waals surface area contributed by atoms with Crippen LogP contribution in [0, 0.1) is 5.82 Å². The molecule has 0 nitrogen and oxygen atoms in total. The molecule has 0 aliphatic carbocycles. The second-order valence-electron chi connectivity index (χ2n) is 3.48. The monoisotopic (exact) mass is 330 g/mol.